The van der Waals surface area contributed by atoms with E-state index in [1.165, 1.54) is 11.7 Å². The molecule has 1 aromatic heterocycles. The molecule has 1 aromatic rings. The molecule has 0 unspecified atom stereocenters. The van der Waals surface area contributed by atoms with Crippen LogP contribution in [0.15, 0.2) is 0 Å². The molecule has 0 aliphatic carbocycles. The highest BCUT2D eigenvalue weighted by Gasteiger charge is 2.22. The van der Waals surface area contributed by atoms with Crippen LogP contribution in [0.4, 0.5) is 0 Å². The number of nitrogens with zero attached hydrogens (tertiary/aromatic N) is 2. The fourth-order valence-corrected chi connectivity index (χ4v) is 1.56. The van der Waals surface area contributed by atoms with Gasteiger partial charge in [-0.3, -0.25) is 14.3 Å². The largest absolute Gasteiger partial charge is 0.275 e. The molecule has 0 radical (unpaired) electrons. The first-order valence-corrected chi connectivity index (χ1v) is 4.14. The lowest BCUT2D eigenvalue weighted by molar-refractivity contribution is 0.104. The zero-order valence-corrected chi connectivity index (χ0v) is 8.48. The average molecular weight is 221 g/mol. The maximum Gasteiger partial charge on any atom is 0.271 e. The van der Waals surface area contributed by atoms with Crippen LogP contribution in [-0.4, -0.2) is 20.3 Å². The first-order chi connectivity index (χ1) is 5.95. The molecule has 6 heteroatoms. The molecule has 1 rings (SSSR count). The normalized spacial score (nSPS) is 10.2. The summed E-state index contributed by atoms with van der Waals surface area (Å²) in [6, 6.07) is 0. The van der Waals surface area contributed by atoms with Crippen molar-refractivity contribution in [3.05, 3.63) is 17.0 Å². The number of hydrogen-bond donors (Lipinski definition) is 0. The van der Waals surface area contributed by atoms with E-state index in [1.807, 2.05) is 0 Å². The molecule has 0 N–H and O–H groups in total. The van der Waals surface area contributed by atoms with Gasteiger partial charge in [0.2, 0.25) is 0 Å². The number of halogens is 2. The summed E-state index contributed by atoms with van der Waals surface area (Å²) in [7, 11) is 1.52. The van der Waals surface area contributed by atoms with Crippen molar-refractivity contribution in [3.63, 3.8) is 0 Å². The lowest BCUT2D eigenvalue weighted by Gasteiger charge is -1.95. The van der Waals surface area contributed by atoms with E-state index in [0.29, 0.717) is 5.69 Å². The van der Waals surface area contributed by atoms with Gasteiger partial charge in [0.05, 0.1) is 11.3 Å². The molecule has 1 heterocycles. The Labute approximate surface area is 84.4 Å². The van der Waals surface area contributed by atoms with Gasteiger partial charge in [0, 0.05) is 7.05 Å². The van der Waals surface area contributed by atoms with Crippen LogP contribution in [-0.2, 0) is 7.05 Å². The van der Waals surface area contributed by atoms with E-state index in [2.05, 4.69) is 5.10 Å². The van der Waals surface area contributed by atoms with E-state index in [9.17, 15) is 9.59 Å². The second kappa shape index (κ2) is 3.47. The highest BCUT2D eigenvalue weighted by atomic mass is 35.5. The van der Waals surface area contributed by atoms with E-state index >= 15 is 0 Å². The summed E-state index contributed by atoms with van der Waals surface area (Å²) < 4.78 is 1.24. The molecule has 0 spiro atoms. The highest BCUT2D eigenvalue weighted by Crippen LogP contribution is 2.17. The molecule has 0 aliphatic rings. The number of hydrogen-bond acceptors (Lipinski definition) is 3. The maximum absolute atomic E-state index is 10.9. The fourth-order valence-electron chi connectivity index (χ4n) is 1.12. The third kappa shape index (κ3) is 1.73. The van der Waals surface area contributed by atoms with Crippen molar-refractivity contribution in [2.24, 2.45) is 7.05 Å². The molecule has 0 fully saturated rings. The van der Waals surface area contributed by atoms with Gasteiger partial charge in [-0.2, -0.15) is 5.10 Å². The molecular weight excluding hydrogens is 215 g/mol. The van der Waals surface area contributed by atoms with Crippen LogP contribution in [0.1, 0.15) is 26.5 Å². The van der Waals surface area contributed by atoms with E-state index < -0.39 is 10.5 Å². The molecule has 0 aromatic carbocycles. The van der Waals surface area contributed by atoms with Crippen LogP contribution in [0.25, 0.3) is 0 Å². The predicted octanol–water partition coefficient (Wildman–Crippen LogP) is 1.49. The Hall–Kier alpha value is -0.870. The number of aryl methyl sites for hydroxylation is 2. The third-order valence-electron chi connectivity index (χ3n) is 1.60. The minimum absolute atomic E-state index is 0.0270. The number of rotatable bonds is 2. The summed E-state index contributed by atoms with van der Waals surface area (Å²) in [6.45, 7) is 1.58. The van der Waals surface area contributed by atoms with Crippen LogP contribution >= 0.6 is 23.2 Å². The minimum Gasteiger partial charge on any atom is -0.275 e. The van der Waals surface area contributed by atoms with Crippen LogP contribution in [0.2, 0.25) is 0 Å². The SMILES string of the molecule is Cc1nn(C)c(C(=O)Cl)c1C(=O)Cl. The van der Waals surface area contributed by atoms with Crippen molar-refractivity contribution >= 4 is 33.7 Å². The second-order valence-corrected chi connectivity index (χ2v) is 3.17. The summed E-state index contributed by atoms with van der Waals surface area (Å²) in [5.74, 6) is 0. The quantitative estimate of drug-likeness (QED) is 0.710. The molecule has 0 bridgehead atoms. The van der Waals surface area contributed by atoms with Crippen molar-refractivity contribution in [1.82, 2.24) is 9.78 Å². The van der Waals surface area contributed by atoms with Crippen LogP contribution in [0, 0.1) is 6.92 Å². The van der Waals surface area contributed by atoms with Crippen LogP contribution in [0.5, 0.6) is 0 Å². The van der Waals surface area contributed by atoms with Crippen molar-refractivity contribution in [1.29, 1.82) is 0 Å². The third-order valence-corrected chi connectivity index (χ3v) is 1.97. The molecule has 0 aliphatic heterocycles. The van der Waals surface area contributed by atoms with Crippen molar-refractivity contribution in [3.8, 4) is 0 Å². The Balaban J connectivity index is 3.47. The first kappa shape index (κ1) is 10.2. The summed E-state index contributed by atoms with van der Waals surface area (Å²) in [4.78, 5) is 21.8. The lowest BCUT2D eigenvalue weighted by Crippen LogP contribution is -2.05. The fraction of sp³-hybridized carbons (Fsp3) is 0.286. The van der Waals surface area contributed by atoms with E-state index in [0.717, 1.165) is 0 Å². The van der Waals surface area contributed by atoms with Gasteiger partial charge >= 0.3 is 0 Å². The molecule has 0 saturated heterocycles. The van der Waals surface area contributed by atoms with Gasteiger partial charge in [-0.05, 0) is 30.1 Å². The van der Waals surface area contributed by atoms with Crippen molar-refractivity contribution in [2.75, 3.05) is 0 Å². The number of carbonyl (C=O) groups is 2. The molecule has 70 valence electrons. The predicted molar refractivity (Wildman–Crippen MR) is 48.3 cm³/mol. The van der Waals surface area contributed by atoms with Gasteiger partial charge in [-0.1, -0.05) is 0 Å². The Kier molecular flexibility index (Phi) is 2.73. The lowest BCUT2D eigenvalue weighted by atomic mass is 10.2. The monoisotopic (exact) mass is 220 g/mol. The highest BCUT2D eigenvalue weighted by molar-refractivity contribution is 6.71. The topological polar surface area (TPSA) is 52.0 Å². The summed E-state index contributed by atoms with van der Waals surface area (Å²) in [6.07, 6.45) is 0. The van der Waals surface area contributed by atoms with Crippen LogP contribution < -0.4 is 0 Å². The van der Waals surface area contributed by atoms with Crippen molar-refractivity contribution < 1.29 is 9.59 Å². The summed E-state index contributed by atoms with van der Waals surface area (Å²) in [5.41, 5.74) is 0.495. The van der Waals surface area contributed by atoms with Gasteiger partial charge in [0.25, 0.3) is 10.5 Å². The van der Waals surface area contributed by atoms with Gasteiger partial charge in [0.15, 0.2) is 0 Å². The summed E-state index contributed by atoms with van der Waals surface area (Å²) >= 11 is 10.5. The molecule has 0 atom stereocenters. The second-order valence-electron chi connectivity index (χ2n) is 2.48. The summed E-state index contributed by atoms with van der Waals surface area (Å²) in [5, 5.41) is 2.39. The van der Waals surface area contributed by atoms with Gasteiger partial charge in [-0.25, -0.2) is 0 Å². The molecular formula is C7H6Cl2N2O2. The van der Waals surface area contributed by atoms with Gasteiger partial charge in [0.1, 0.15) is 5.69 Å². The maximum atomic E-state index is 10.9. The van der Waals surface area contributed by atoms with Gasteiger partial charge < -0.3 is 0 Å². The first-order valence-electron chi connectivity index (χ1n) is 3.38. The number of carbonyl (C=O) groups excluding carboxylic acids is 2. The Morgan fingerprint density at radius 2 is 1.85 bits per heavy atom. The molecule has 0 saturated carbocycles. The Morgan fingerprint density at radius 3 is 2.15 bits per heavy atom. The van der Waals surface area contributed by atoms with E-state index in [-0.39, 0.29) is 11.3 Å². The smallest absolute Gasteiger partial charge is 0.271 e. The number of aromatic nitrogens is 2. The average Bonchev–Trinajstić information content (AvgIpc) is 2.24. The standard InChI is InChI=1S/C7H6Cl2N2O2/c1-3-4(6(8)12)5(7(9)13)11(2)10-3/h1-2H3. The zero-order chi connectivity index (χ0) is 10.2. The minimum atomic E-state index is -0.743. The van der Waals surface area contributed by atoms with Gasteiger partial charge in [-0.15, -0.1) is 0 Å². The molecule has 4 nitrogen and oxygen atoms in total. The van der Waals surface area contributed by atoms with Crippen LogP contribution in [0.3, 0.4) is 0 Å². The Morgan fingerprint density at radius 1 is 1.31 bits per heavy atom. The van der Waals surface area contributed by atoms with E-state index in [4.69, 9.17) is 23.2 Å². The Bertz CT molecular complexity index is 350. The zero-order valence-electron chi connectivity index (χ0n) is 6.97. The molecule has 13 heavy (non-hydrogen) atoms. The van der Waals surface area contributed by atoms with Crippen molar-refractivity contribution in [2.45, 2.75) is 6.92 Å². The van der Waals surface area contributed by atoms with E-state index in [1.54, 1.807) is 6.92 Å². The molecule has 0 amide bonds.